The van der Waals surface area contributed by atoms with Crippen LogP contribution in [0.5, 0.6) is 0 Å². The average molecular weight is 271 g/mol. The Bertz CT molecular complexity index is 303. The third kappa shape index (κ3) is 4.23. The van der Waals surface area contributed by atoms with Crippen LogP contribution < -0.4 is 5.32 Å². The molecule has 0 bridgehead atoms. The highest BCUT2D eigenvalue weighted by molar-refractivity contribution is 8.01. The Kier molecular flexibility index (Phi) is 5.74. The zero-order valence-electron chi connectivity index (χ0n) is 10.4. The highest BCUT2D eigenvalue weighted by Crippen LogP contribution is 2.32. The molecule has 1 aromatic heterocycles. The predicted molar refractivity (Wildman–Crippen MR) is 74.7 cm³/mol. The Balaban J connectivity index is 1.96. The van der Waals surface area contributed by atoms with E-state index in [4.69, 9.17) is 0 Å². The van der Waals surface area contributed by atoms with Gasteiger partial charge in [0.05, 0.1) is 0 Å². The first-order chi connectivity index (χ1) is 8.40. The van der Waals surface area contributed by atoms with Crippen molar-refractivity contribution < 1.29 is 0 Å². The molecule has 0 amide bonds. The SMILES string of the molecule is CCNC1CCCCCCC1Sc1ncns1. The van der Waals surface area contributed by atoms with Crippen LogP contribution in [0.3, 0.4) is 0 Å². The van der Waals surface area contributed by atoms with Crippen molar-refractivity contribution in [3.63, 3.8) is 0 Å². The molecular formula is C12H21N3S2. The molecular weight excluding hydrogens is 250 g/mol. The topological polar surface area (TPSA) is 37.8 Å². The molecule has 0 saturated heterocycles. The first-order valence-corrected chi connectivity index (χ1v) is 8.22. The molecule has 1 aliphatic rings. The summed E-state index contributed by atoms with van der Waals surface area (Å²) in [6.45, 7) is 3.27. The molecule has 1 N–H and O–H groups in total. The second-order valence-corrected chi connectivity index (χ2v) is 6.79. The van der Waals surface area contributed by atoms with Crippen LogP contribution in [0.25, 0.3) is 0 Å². The van der Waals surface area contributed by atoms with Gasteiger partial charge in [0.25, 0.3) is 0 Å². The molecule has 2 atom stereocenters. The van der Waals surface area contributed by atoms with E-state index in [-0.39, 0.29) is 0 Å². The molecule has 0 aliphatic heterocycles. The molecule has 1 heterocycles. The Morgan fingerprint density at radius 2 is 2.18 bits per heavy atom. The second kappa shape index (κ2) is 7.34. The second-order valence-electron chi connectivity index (χ2n) is 4.52. The number of thioether (sulfide) groups is 1. The molecule has 0 aromatic carbocycles. The van der Waals surface area contributed by atoms with E-state index in [1.54, 1.807) is 6.33 Å². The summed E-state index contributed by atoms with van der Waals surface area (Å²) in [5.74, 6) is 0. The Morgan fingerprint density at radius 3 is 2.88 bits per heavy atom. The van der Waals surface area contributed by atoms with Gasteiger partial charge in [-0.25, -0.2) is 4.98 Å². The number of nitrogens with one attached hydrogen (secondary N) is 1. The number of hydrogen-bond acceptors (Lipinski definition) is 5. The van der Waals surface area contributed by atoms with Gasteiger partial charge in [-0.05, 0) is 30.9 Å². The van der Waals surface area contributed by atoms with Crippen LogP contribution in [-0.2, 0) is 0 Å². The zero-order chi connectivity index (χ0) is 11.9. The predicted octanol–water partition coefficient (Wildman–Crippen LogP) is 3.33. The van der Waals surface area contributed by atoms with Crippen molar-refractivity contribution in [3.05, 3.63) is 6.33 Å². The number of hydrogen-bond donors (Lipinski definition) is 1. The van der Waals surface area contributed by atoms with Crippen LogP contribution in [-0.4, -0.2) is 27.2 Å². The summed E-state index contributed by atoms with van der Waals surface area (Å²) in [5, 5.41) is 4.32. The van der Waals surface area contributed by atoms with Gasteiger partial charge in [-0.3, -0.25) is 0 Å². The summed E-state index contributed by atoms with van der Waals surface area (Å²) in [4.78, 5) is 4.30. The van der Waals surface area contributed by atoms with E-state index >= 15 is 0 Å². The highest BCUT2D eigenvalue weighted by atomic mass is 32.2. The molecule has 1 aromatic rings. The van der Waals surface area contributed by atoms with Crippen LogP contribution >= 0.6 is 23.3 Å². The van der Waals surface area contributed by atoms with E-state index in [9.17, 15) is 0 Å². The van der Waals surface area contributed by atoms with Gasteiger partial charge in [0, 0.05) is 11.3 Å². The van der Waals surface area contributed by atoms with Gasteiger partial charge in [-0.1, -0.05) is 44.4 Å². The maximum Gasteiger partial charge on any atom is 0.170 e. The standard InChI is InChI=1S/C12H21N3S2/c1-2-13-10-7-5-3-4-6-8-11(10)16-12-14-9-15-17-12/h9-11,13H,2-8H2,1H3. The summed E-state index contributed by atoms with van der Waals surface area (Å²) in [6, 6.07) is 0.647. The fourth-order valence-electron chi connectivity index (χ4n) is 2.43. The van der Waals surface area contributed by atoms with Crippen LogP contribution in [0.4, 0.5) is 0 Å². The third-order valence-corrected chi connectivity index (χ3v) is 5.41. The first-order valence-electron chi connectivity index (χ1n) is 6.57. The lowest BCUT2D eigenvalue weighted by Gasteiger charge is -2.28. The summed E-state index contributed by atoms with van der Waals surface area (Å²) >= 11 is 3.45. The minimum atomic E-state index is 0.647. The molecule has 1 fully saturated rings. The van der Waals surface area contributed by atoms with Crippen molar-refractivity contribution in [3.8, 4) is 0 Å². The van der Waals surface area contributed by atoms with Crippen molar-refractivity contribution in [1.82, 2.24) is 14.7 Å². The lowest BCUT2D eigenvalue weighted by Crippen LogP contribution is -2.38. The largest absolute Gasteiger partial charge is 0.313 e. The van der Waals surface area contributed by atoms with Gasteiger partial charge in [0.2, 0.25) is 0 Å². The fourth-order valence-corrected chi connectivity index (χ4v) is 4.43. The van der Waals surface area contributed by atoms with E-state index < -0.39 is 0 Å². The van der Waals surface area contributed by atoms with E-state index in [1.165, 1.54) is 50.1 Å². The van der Waals surface area contributed by atoms with Crippen LogP contribution in [0.1, 0.15) is 45.4 Å². The van der Waals surface area contributed by atoms with Crippen LogP contribution in [0, 0.1) is 0 Å². The van der Waals surface area contributed by atoms with E-state index in [0.29, 0.717) is 11.3 Å². The van der Waals surface area contributed by atoms with E-state index in [2.05, 4.69) is 21.6 Å². The molecule has 2 rings (SSSR count). The van der Waals surface area contributed by atoms with Crippen molar-refractivity contribution in [1.29, 1.82) is 0 Å². The smallest absolute Gasteiger partial charge is 0.170 e. The van der Waals surface area contributed by atoms with Gasteiger partial charge < -0.3 is 5.32 Å². The lowest BCUT2D eigenvalue weighted by molar-refractivity contribution is 0.406. The number of nitrogens with zero attached hydrogens (tertiary/aromatic N) is 2. The molecule has 0 spiro atoms. The maximum absolute atomic E-state index is 4.30. The van der Waals surface area contributed by atoms with Crippen molar-refractivity contribution in [2.45, 2.75) is 61.1 Å². The quantitative estimate of drug-likeness (QED) is 0.911. The molecule has 5 heteroatoms. The van der Waals surface area contributed by atoms with Crippen molar-refractivity contribution >= 4 is 23.3 Å². The van der Waals surface area contributed by atoms with Gasteiger partial charge in [0.1, 0.15) is 6.33 Å². The molecule has 0 radical (unpaired) electrons. The zero-order valence-corrected chi connectivity index (χ0v) is 12.0. The molecule has 1 saturated carbocycles. The molecule has 17 heavy (non-hydrogen) atoms. The average Bonchev–Trinajstić information content (AvgIpc) is 2.80. The number of aromatic nitrogens is 2. The minimum absolute atomic E-state index is 0.647. The molecule has 1 aliphatic carbocycles. The maximum atomic E-state index is 4.30. The highest BCUT2D eigenvalue weighted by Gasteiger charge is 2.23. The van der Waals surface area contributed by atoms with E-state index in [0.717, 1.165) is 10.9 Å². The van der Waals surface area contributed by atoms with Crippen molar-refractivity contribution in [2.24, 2.45) is 0 Å². The third-order valence-electron chi connectivity index (χ3n) is 3.26. The Morgan fingerprint density at radius 1 is 1.35 bits per heavy atom. The summed E-state index contributed by atoms with van der Waals surface area (Å²) in [5.41, 5.74) is 0. The number of rotatable bonds is 4. The molecule has 3 nitrogen and oxygen atoms in total. The van der Waals surface area contributed by atoms with E-state index in [1.807, 2.05) is 11.8 Å². The summed E-state index contributed by atoms with van der Waals surface area (Å²) in [7, 11) is 0. The fraction of sp³-hybridized carbons (Fsp3) is 0.833. The van der Waals surface area contributed by atoms with Gasteiger partial charge in [0.15, 0.2) is 4.34 Å². The summed E-state index contributed by atoms with van der Waals surface area (Å²) < 4.78 is 5.21. The van der Waals surface area contributed by atoms with Gasteiger partial charge in [-0.15, -0.1) is 0 Å². The normalized spacial score (nSPS) is 26.4. The Labute approximate surface area is 112 Å². The van der Waals surface area contributed by atoms with Crippen LogP contribution in [0.2, 0.25) is 0 Å². The minimum Gasteiger partial charge on any atom is -0.313 e. The van der Waals surface area contributed by atoms with Crippen molar-refractivity contribution in [2.75, 3.05) is 6.54 Å². The molecule has 96 valence electrons. The lowest BCUT2D eigenvalue weighted by atomic mass is 9.96. The van der Waals surface area contributed by atoms with Gasteiger partial charge in [-0.2, -0.15) is 4.37 Å². The molecule has 2 unspecified atom stereocenters. The monoisotopic (exact) mass is 271 g/mol. The Hall–Kier alpha value is -0.130. The van der Waals surface area contributed by atoms with Gasteiger partial charge >= 0.3 is 0 Å². The van der Waals surface area contributed by atoms with Crippen LogP contribution in [0.15, 0.2) is 10.7 Å². The first kappa shape index (κ1) is 13.3. The summed E-state index contributed by atoms with van der Waals surface area (Å²) in [6.07, 6.45) is 9.80.